The van der Waals surface area contributed by atoms with E-state index in [1.807, 2.05) is 31.2 Å². The van der Waals surface area contributed by atoms with E-state index in [2.05, 4.69) is 4.98 Å². The first-order valence-electron chi connectivity index (χ1n) is 5.68. The Hall–Kier alpha value is -1.88. The monoisotopic (exact) mass is 262 g/mol. The number of aryl methyl sites for hydroxylation is 1. The zero-order chi connectivity index (χ0) is 13.1. The minimum atomic E-state index is -0.384. The van der Waals surface area contributed by atoms with Crippen molar-refractivity contribution in [2.24, 2.45) is 0 Å². The van der Waals surface area contributed by atoms with Gasteiger partial charge >= 0.3 is 5.97 Å². The largest absolute Gasteiger partial charge is 0.461 e. The molecule has 2 rings (SSSR count). The second-order valence-electron chi connectivity index (χ2n) is 3.87. The number of carbonyl (C=O) groups is 1. The van der Waals surface area contributed by atoms with E-state index in [-0.39, 0.29) is 5.97 Å². The van der Waals surface area contributed by atoms with Gasteiger partial charge < -0.3 is 9.72 Å². The van der Waals surface area contributed by atoms with Gasteiger partial charge in [-0.1, -0.05) is 17.7 Å². The predicted octanol–water partition coefficient (Wildman–Crippen LogP) is 3.02. The summed E-state index contributed by atoms with van der Waals surface area (Å²) in [6.45, 7) is 4.12. The number of imidazole rings is 1. The average molecular weight is 262 g/mol. The Morgan fingerprint density at radius 3 is 2.67 bits per heavy atom. The normalized spacial score (nSPS) is 10.3. The molecule has 0 aliphatic heterocycles. The Morgan fingerprint density at radius 2 is 2.06 bits per heavy atom. The number of nitrogens with zero attached hydrogens (tertiary/aromatic N) is 1. The Labute approximate surface area is 110 Å². The van der Waals surface area contributed by atoms with Gasteiger partial charge in [0.05, 0.1) is 6.61 Å². The fourth-order valence-corrected chi connectivity index (χ4v) is 1.94. The van der Waals surface area contributed by atoms with Crippen LogP contribution in [0.5, 0.6) is 0 Å². The van der Waals surface area contributed by atoms with Crippen LogP contribution < -0.4 is 0 Å². The van der Waals surface area contributed by atoms with E-state index in [9.17, 15) is 4.79 Å². The maximum absolute atomic E-state index is 11.8. The summed E-state index contributed by atoms with van der Waals surface area (Å²) in [5.74, 6) is -0.384. The third-order valence-electron chi connectivity index (χ3n) is 2.55. The van der Waals surface area contributed by atoms with Gasteiger partial charge in [0, 0.05) is 11.9 Å². The summed E-state index contributed by atoms with van der Waals surface area (Å²) in [5, 5.41) is 0. The topological polar surface area (TPSA) is 47.0 Å². The minimum Gasteiger partial charge on any atom is -0.461 e. The molecular weight excluding hydrogens is 248 g/mol. The van der Waals surface area contributed by atoms with Crippen LogP contribution in [0.3, 0.4) is 0 Å². The molecule has 0 fully saturated rings. The summed E-state index contributed by atoms with van der Waals surface area (Å²) >= 11 is 5.19. The SMILES string of the molecule is CCOC(=O)c1c[nH]c(=S)n1-c1ccc(C)cc1. The molecule has 0 saturated carbocycles. The van der Waals surface area contributed by atoms with Crippen LogP contribution in [0.1, 0.15) is 23.0 Å². The molecule has 0 aliphatic carbocycles. The van der Waals surface area contributed by atoms with Crippen LogP contribution in [0.4, 0.5) is 0 Å². The zero-order valence-corrected chi connectivity index (χ0v) is 11.1. The molecule has 0 atom stereocenters. The molecule has 1 N–H and O–H groups in total. The summed E-state index contributed by atoms with van der Waals surface area (Å²) in [4.78, 5) is 14.7. The quantitative estimate of drug-likeness (QED) is 0.683. The first-order valence-corrected chi connectivity index (χ1v) is 6.09. The maximum atomic E-state index is 11.8. The molecule has 2 aromatic rings. The van der Waals surface area contributed by atoms with Gasteiger partial charge in [-0.15, -0.1) is 0 Å². The van der Waals surface area contributed by atoms with Crippen LogP contribution in [0, 0.1) is 11.7 Å². The molecule has 0 amide bonds. The first kappa shape index (κ1) is 12.6. The standard InChI is InChI=1S/C13H14N2O2S/c1-3-17-12(16)11-8-14-13(18)15(11)10-6-4-9(2)5-7-10/h4-8H,3H2,1-2H3,(H,14,18). The third-order valence-corrected chi connectivity index (χ3v) is 2.85. The minimum absolute atomic E-state index is 0.338. The number of rotatable bonds is 3. The number of carbonyl (C=O) groups excluding carboxylic acids is 1. The van der Waals surface area contributed by atoms with Crippen molar-refractivity contribution in [2.75, 3.05) is 6.61 Å². The number of nitrogens with one attached hydrogen (secondary N) is 1. The average Bonchev–Trinajstić information content (AvgIpc) is 2.73. The number of H-pyrrole nitrogens is 1. The van der Waals surface area contributed by atoms with Crippen molar-refractivity contribution in [1.29, 1.82) is 0 Å². The number of aromatic nitrogens is 2. The highest BCUT2D eigenvalue weighted by Gasteiger charge is 2.14. The molecule has 4 nitrogen and oxygen atoms in total. The first-order chi connectivity index (χ1) is 8.63. The lowest BCUT2D eigenvalue weighted by atomic mass is 10.2. The van der Waals surface area contributed by atoms with Crippen LogP contribution >= 0.6 is 12.2 Å². The molecule has 0 radical (unpaired) electrons. The molecule has 0 spiro atoms. The summed E-state index contributed by atoms with van der Waals surface area (Å²) in [7, 11) is 0. The molecule has 0 aliphatic rings. The maximum Gasteiger partial charge on any atom is 0.356 e. The van der Waals surface area contributed by atoms with E-state index in [4.69, 9.17) is 17.0 Å². The van der Waals surface area contributed by atoms with Crippen molar-refractivity contribution >= 4 is 18.2 Å². The summed E-state index contributed by atoms with van der Waals surface area (Å²) < 4.78 is 7.15. The molecule has 0 bridgehead atoms. The molecule has 0 unspecified atom stereocenters. The van der Waals surface area contributed by atoms with Crippen molar-refractivity contribution < 1.29 is 9.53 Å². The van der Waals surface area contributed by atoms with E-state index in [0.717, 1.165) is 11.3 Å². The fourth-order valence-electron chi connectivity index (χ4n) is 1.67. The second-order valence-corrected chi connectivity index (χ2v) is 4.26. The van der Waals surface area contributed by atoms with Crippen molar-refractivity contribution in [3.8, 4) is 5.69 Å². The second kappa shape index (κ2) is 5.18. The Bertz CT molecular complexity index is 611. The Balaban J connectivity index is 2.50. The summed E-state index contributed by atoms with van der Waals surface area (Å²) in [6.07, 6.45) is 1.57. The van der Waals surface area contributed by atoms with Gasteiger partial charge in [0.15, 0.2) is 10.5 Å². The van der Waals surface area contributed by atoms with Crippen LogP contribution in [0.2, 0.25) is 0 Å². The number of aromatic amines is 1. The summed E-state index contributed by atoms with van der Waals surface area (Å²) in [5.41, 5.74) is 2.40. The number of esters is 1. The summed E-state index contributed by atoms with van der Waals surface area (Å²) in [6, 6.07) is 7.78. The van der Waals surface area contributed by atoms with Crippen molar-refractivity contribution in [3.05, 3.63) is 46.5 Å². The van der Waals surface area contributed by atoms with Gasteiger partial charge in [-0.3, -0.25) is 4.57 Å². The molecule has 1 aromatic carbocycles. The lowest BCUT2D eigenvalue weighted by Gasteiger charge is -2.07. The highest BCUT2D eigenvalue weighted by Crippen LogP contribution is 2.14. The lowest BCUT2D eigenvalue weighted by Crippen LogP contribution is -2.11. The molecule has 1 aromatic heterocycles. The van der Waals surface area contributed by atoms with Gasteiger partial charge in [-0.2, -0.15) is 0 Å². The zero-order valence-electron chi connectivity index (χ0n) is 10.3. The van der Waals surface area contributed by atoms with E-state index < -0.39 is 0 Å². The van der Waals surface area contributed by atoms with E-state index in [0.29, 0.717) is 17.1 Å². The van der Waals surface area contributed by atoms with Gasteiger partial charge in [0.2, 0.25) is 0 Å². The number of hydrogen-bond acceptors (Lipinski definition) is 3. The Kier molecular flexibility index (Phi) is 3.62. The third kappa shape index (κ3) is 2.36. The molecular formula is C13H14N2O2S. The van der Waals surface area contributed by atoms with E-state index >= 15 is 0 Å². The van der Waals surface area contributed by atoms with Crippen LogP contribution in [0.15, 0.2) is 30.5 Å². The van der Waals surface area contributed by atoms with Gasteiger partial charge in [0.25, 0.3) is 0 Å². The highest BCUT2D eigenvalue weighted by molar-refractivity contribution is 7.71. The van der Waals surface area contributed by atoms with Gasteiger partial charge in [-0.25, -0.2) is 4.79 Å². The fraction of sp³-hybridized carbons (Fsp3) is 0.231. The number of benzene rings is 1. The van der Waals surface area contributed by atoms with Crippen molar-refractivity contribution in [3.63, 3.8) is 0 Å². The molecule has 5 heteroatoms. The lowest BCUT2D eigenvalue weighted by molar-refractivity contribution is 0.0517. The van der Waals surface area contributed by atoms with E-state index in [1.165, 1.54) is 0 Å². The molecule has 94 valence electrons. The van der Waals surface area contributed by atoms with E-state index in [1.54, 1.807) is 17.7 Å². The van der Waals surface area contributed by atoms with Gasteiger partial charge in [0.1, 0.15) is 0 Å². The molecule has 0 saturated heterocycles. The Morgan fingerprint density at radius 1 is 1.39 bits per heavy atom. The van der Waals surface area contributed by atoms with Crippen LogP contribution in [-0.2, 0) is 4.74 Å². The predicted molar refractivity (Wildman–Crippen MR) is 71.6 cm³/mol. The van der Waals surface area contributed by atoms with Crippen molar-refractivity contribution in [1.82, 2.24) is 9.55 Å². The van der Waals surface area contributed by atoms with Crippen molar-refractivity contribution in [2.45, 2.75) is 13.8 Å². The molecule has 18 heavy (non-hydrogen) atoms. The highest BCUT2D eigenvalue weighted by atomic mass is 32.1. The molecule has 1 heterocycles. The van der Waals surface area contributed by atoms with Crippen LogP contribution in [0.25, 0.3) is 5.69 Å². The van der Waals surface area contributed by atoms with Gasteiger partial charge in [-0.05, 0) is 38.2 Å². The number of ether oxygens (including phenoxy) is 1. The smallest absolute Gasteiger partial charge is 0.356 e. The number of hydrogen-bond donors (Lipinski definition) is 1. The van der Waals surface area contributed by atoms with Crippen LogP contribution in [-0.4, -0.2) is 22.1 Å².